The fourth-order valence-corrected chi connectivity index (χ4v) is 1.03. The van der Waals surface area contributed by atoms with Gasteiger partial charge in [-0.1, -0.05) is 12.1 Å². The Balaban J connectivity index is 2.53. The Labute approximate surface area is 73.6 Å². The van der Waals surface area contributed by atoms with Crippen LogP contribution < -0.4 is 10.1 Å². The molecular formula is C10H14NO. The molecule has 2 nitrogen and oxygen atoms in total. The summed E-state index contributed by atoms with van der Waals surface area (Å²) < 4.78 is 5.05. The van der Waals surface area contributed by atoms with Crippen molar-refractivity contribution in [3.8, 4) is 5.75 Å². The van der Waals surface area contributed by atoms with Crippen LogP contribution in [-0.2, 0) is 6.42 Å². The summed E-state index contributed by atoms with van der Waals surface area (Å²) in [5.41, 5.74) is 1.31. The van der Waals surface area contributed by atoms with Gasteiger partial charge in [0.05, 0.1) is 7.11 Å². The molecule has 0 saturated heterocycles. The van der Waals surface area contributed by atoms with E-state index in [-0.39, 0.29) is 0 Å². The van der Waals surface area contributed by atoms with Crippen LogP contribution in [0.15, 0.2) is 24.3 Å². The van der Waals surface area contributed by atoms with Crippen molar-refractivity contribution in [2.75, 3.05) is 20.7 Å². The number of hydrogen-bond acceptors (Lipinski definition) is 1. The van der Waals surface area contributed by atoms with Crippen molar-refractivity contribution < 1.29 is 4.74 Å². The molecule has 0 heterocycles. The Bertz CT molecular complexity index is 218. The topological polar surface area (TPSA) is 23.3 Å². The molecule has 0 aliphatic carbocycles. The average Bonchev–Trinajstić information content (AvgIpc) is 2.15. The normalized spacial score (nSPS) is 9.83. The predicted octanol–water partition coefficient (Wildman–Crippen LogP) is 1.47. The molecule has 0 saturated carbocycles. The highest BCUT2D eigenvalue weighted by atomic mass is 16.5. The summed E-state index contributed by atoms with van der Waals surface area (Å²) in [6, 6.07) is 8.10. The molecule has 65 valence electrons. The Kier molecular flexibility index (Phi) is 3.61. The minimum atomic E-state index is 0.895. The Morgan fingerprint density at radius 2 is 1.92 bits per heavy atom. The van der Waals surface area contributed by atoms with E-state index >= 15 is 0 Å². The minimum absolute atomic E-state index is 0.895. The number of methoxy groups -OCH3 is 1. The minimum Gasteiger partial charge on any atom is -0.497 e. The predicted molar refractivity (Wildman–Crippen MR) is 49.6 cm³/mol. The molecule has 0 aliphatic heterocycles. The van der Waals surface area contributed by atoms with Gasteiger partial charge in [0, 0.05) is 13.6 Å². The lowest BCUT2D eigenvalue weighted by atomic mass is 10.1. The molecule has 0 N–H and O–H groups in total. The summed E-state index contributed by atoms with van der Waals surface area (Å²) in [5.74, 6) is 0.909. The molecule has 0 atom stereocenters. The van der Waals surface area contributed by atoms with E-state index in [1.165, 1.54) is 5.56 Å². The van der Waals surface area contributed by atoms with Gasteiger partial charge in [0.1, 0.15) is 5.75 Å². The largest absolute Gasteiger partial charge is 0.497 e. The van der Waals surface area contributed by atoms with Crippen LogP contribution in [0.2, 0.25) is 0 Å². The van der Waals surface area contributed by atoms with Crippen LogP contribution in [0, 0.1) is 0 Å². The third kappa shape index (κ3) is 2.55. The Morgan fingerprint density at radius 1 is 1.25 bits per heavy atom. The van der Waals surface area contributed by atoms with E-state index in [9.17, 15) is 0 Å². The van der Waals surface area contributed by atoms with Gasteiger partial charge in [-0.2, -0.15) is 0 Å². The van der Waals surface area contributed by atoms with Crippen LogP contribution >= 0.6 is 0 Å². The monoisotopic (exact) mass is 164 g/mol. The zero-order valence-electron chi connectivity index (χ0n) is 7.58. The summed E-state index contributed by atoms with van der Waals surface area (Å²) in [5, 5.41) is 4.04. The van der Waals surface area contributed by atoms with Crippen LogP contribution in [0.5, 0.6) is 5.75 Å². The van der Waals surface area contributed by atoms with Crippen molar-refractivity contribution in [1.29, 1.82) is 0 Å². The lowest BCUT2D eigenvalue weighted by Gasteiger charge is -2.01. The van der Waals surface area contributed by atoms with Gasteiger partial charge >= 0.3 is 0 Å². The molecule has 1 aromatic carbocycles. The highest BCUT2D eigenvalue weighted by molar-refractivity contribution is 5.27. The van der Waals surface area contributed by atoms with Crippen LogP contribution in [0.1, 0.15) is 5.56 Å². The second kappa shape index (κ2) is 4.78. The Hall–Kier alpha value is -1.02. The molecule has 0 aliphatic rings. The van der Waals surface area contributed by atoms with E-state index in [1.807, 2.05) is 19.2 Å². The molecule has 2 heteroatoms. The van der Waals surface area contributed by atoms with E-state index in [0.29, 0.717) is 0 Å². The number of ether oxygens (including phenoxy) is 1. The van der Waals surface area contributed by atoms with Crippen molar-refractivity contribution in [3.05, 3.63) is 29.8 Å². The number of benzene rings is 1. The molecule has 1 rings (SSSR count). The number of rotatable bonds is 4. The molecule has 0 amide bonds. The third-order valence-electron chi connectivity index (χ3n) is 1.78. The van der Waals surface area contributed by atoms with Gasteiger partial charge in [0.15, 0.2) is 0 Å². The lowest BCUT2D eigenvalue weighted by molar-refractivity contribution is 0.414. The third-order valence-corrected chi connectivity index (χ3v) is 1.78. The molecule has 1 aromatic rings. The van der Waals surface area contributed by atoms with E-state index in [2.05, 4.69) is 17.4 Å². The highest BCUT2D eigenvalue weighted by Gasteiger charge is 1.92. The SMILES string of the molecule is C[N]CCc1ccc(OC)cc1. The summed E-state index contributed by atoms with van der Waals surface area (Å²) >= 11 is 0. The van der Waals surface area contributed by atoms with Gasteiger partial charge in [-0.05, 0) is 24.1 Å². The summed E-state index contributed by atoms with van der Waals surface area (Å²) in [4.78, 5) is 0. The van der Waals surface area contributed by atoms with Gasteiger partial charge in [0.2, 0.25) is 0 Å². The van der Waals surface area contributed by atoms with Crippen molar-refractivity contribution in [1.82, 2.24) is 5.32 Å². The molecule has 0 aromatic heterocycles. The van der Waals surface area contributed by atoms with E-state index < -0.39 is 0 Å². The first-order chi connectivity index (χ1) is 5.86. The van der Waals surface area contributed by atoms with Crippen molar-refractivity contribution in [2.24, 2.45) is 0 Å². The Morgan fingerprint density at radius 3 is 2.42 bits per heavy atom. The fraction of sp³-hybridized carbons (Fsp3) is 0.400. The maximum Gasteiger partial charge on any atom is 0.118 e. The first-order valence-corrected chi connectivity index (χ1v) is 4.05. The van der Waals surface area contributed by atoms with Crippen molar-refractivity contribution in [3.63, 3.8) is 0 Å². The smallest absolute Gasteiger partial charge is 0.118 e. The standard InChI is InChI=1S/C10H14NO/c1-11-8-7-9-3-5-10(12-2)6-4-9/h3-6H,7-8H2,1-2H3. The quantitative estimate of drug-likeness (QED) is 0.661. The van der Waals surface area contributed by atoms with E-state index in [1.54, 1.807) is 7.11 Å². The van der Waals surface area contributed by atoms with Crippen molar-refractivity contribution in [2.45, 2.75) is 6.42 Å². The van der Waals surface area contributed by atoms with Crippen LogP contribution in [-0.4, -0.2) is 20.7 Å². The maximum atomic E-state index is 5.05. The average molecular weight is 164 g/mol. The zero-order valence-corrected chi connectivity index (χ0v) is 7.58. The van der Waals surface area contributed by atoms with Gasteiger partial charge in [0.25, 0.3) is 0 Å². The van der Waals surface area contributed by atoms with Crippen LogP contribution in [0.25, 0.3) is 0 Å². The van der Waals surface area contributed by atoms with Crippen LogP contribution in [0.4, 0.5) is 0 Å². The molecule has 0 spiro atoms. The van der Waals surface area contributed by atoms with Gasteiger partial charge in [-0.25, -0.2) is 5.32 Å². The van der Waals surface area contributed by atoms with Gasteiger partial charge in [-0.15, -0.1) is 0 Å². The lowest BCUT2D eigenvalue weighted by Crippen LogP contribution is -2.02. The second-order valence-electron chi connectivity index (χ2n) is 2.64. The molecule has 0 fully saturated rings. The number of hydrogen-bond donors (Lipinski definition) is 0. The highest BCUT2D eigenvalue weighted by Crippen LogP contribution is 2.11. The van der Waals surface area contributed by atoms with Gasteiger partial charge < -0.3 is 4.74 Å². The first kappa shape index (κ1) is 9.07. The molecule has 12 heavy (non-hydrogen) atoms. The van der Waals surface area contributed by atoms with Crippen molar-refractivity contribution >= 4 is 0 Å². The fourth-order valence-electron chi connectivity index (χ4n) is 1.03. The second-order valence-corrected chi connectivity index (χ2v) is 2.64. The molecular weight excluding hydrogens is 150 g/mol. The maximum absolute atomic E-state index is 5.05. The molecule has 0 unspecified atom stereocenters. The summed E-state index contributed by atoms with van der Waals surface area (Å²) in [6.07, 6.45) is 1.01. The first-order valence-electron chi connectivity index (χ1n) is 4.05. The van der Waals surface area contributed by atoms with E-state index in [4.69, 9.17) is 4.74 Å². The molecule has 0 bridgehead atoms. The number of likely N-dealkylation sites (N-methyl/N-ethyl adjacent to an activating group) is 1. The summed E-state index contributed by atoms with van der Waals surface area (Å²) in [6.45, 7) is 0.895. The molecule has 1 radical (unpaired) electrons. The van der Waals surface area contributed by atoms with E-state index in [0.717, 1.165) is 18.7 Å². The van der Waals surface area contributed by atoms with Crippen LogP contribution in [0.3, 0.4) is 0 Å². The zero-order chi connectivity index (χ0) is 8.81. The number of nitrogens with zero attached hydrogens (tertiary/aromatic N) is 1. The summed E-state index contributed by atoms with van der Waals surface area (Å²) in [7, 11) is 3.51. The van der Waals surface area contributed by atoms with Gasteiger partial charge in [-0.3, -0.25) is 0 Å².